The third-order valence-electron chi connectivity index (χ3n) is 3.06. The number of unbranched alkanes of at least 4 members (excludes halogenated alkanes) is 1. The van der Waals surface area contributed by atoms with Crippen LogP contribution in [0.2, 0.25) is 0 Å². The van der Waals surface area contributed by atoms with Crippen molar-refractivity contribution in [3.8, 4) is 0 Å². The molecule has 1 heterocycles. The number of ether oxygens (including phenoxy) is 1. The largest absolute Gasteiger partial charge is 0.444 e. The second-order valence-corrected chi connectivity index (χ2v) is 5.95. The molecule has 1 saturated heterocycles. The highest BCUT2D eigenvalue weighted by molar-refractivity contribution is 5.69. The Labute approximate surface area is 104 Å². The summed E-state index contributed by atoms with van der Waals surface area (Å²) in [6.45, 7) is 9.32. The third kappa shape index (κ3) is 4.54. The number of nitrogens with zero attached hydrogens (tertiary/aromatic N) is 1. The average molecular weight is 242 g/mol. The van der Waals surface area contributed by atoms with Crippen LogP contribution < -0.4 is 5.73 Å². The summed E-state index contributed by atoms with van der Waals surface area (Å²) >= 11 is 0. The summed E-state index contributed by atoms with van der Waals surface area (Å²) in [6, 6.07) is 0.230. The van der Waals surface area contributed by atoms with E-state index in [2.05, 4.69) is 6.92 Å². The summed E-state index contributed by atoms with van der Waals surface area (Å²) in [6.07, 6.45) is 3.19. The molecule has 0 radical (unpaired) electrons. The van der Waals surface area contributed by atoms with Gasteiger partial charge in [0, 0.05) is 25.0 Å². The van der Waals surface area contributed by atoms with Crippen molar-refractivity contribution in [3.63, 3.8) is 0 Å². The number of likely N-dealkylation sites (tertiary alicyclic amines) is 1. The molecule has 1 aliphatic rings. The Morgan fingerprint density at radius 1 is 1.47 bits per heavy atom. The van der Waals surface area contributed by atoms with Gasteiger partial charge in [-0.3, -0.25) is 0 Å². The molecule has 0 aromatic rings. The van der Waals surface area contributed by atoms with Crippen molar-refractivity contribution in [3.05, 3.63) is 0 Å². The van der Waals surface area contributed by atoms with Crippen LogP contribution in [0.15, 0.2) is 0 Å². The first-order chi connectivity index (χ1) is 7.83. The van der Waals surface area contributed by atoms with Gasteiger partial charge in [-0.2, -0.15) is 0 Å². The van der Waals surface area contributed by atoms with Crippen LogP contribution >= 0.6 is 0 Å². The van der Waals surface area contributed by atoms with Crippen LogP contribution in [-0.2, 0) is 4.74 Å². The molecule has 0 aromatic heterocycles. The normalized spacial score (nSPS) is 18.8. The number of hydrogen-bond acceptors (Lipinski definition) is 3. The first kappa shape index (κ1) is 14.3. The van der Waals surface area contributed by atoms with Gasteiger partial charge in [-0.15, -0.1) is 0 Å². The molecule has 17 heavy (non-hydrogen) atoms. The maximum absolute atomic E-state index is 11.7. The van der Waals surface area contributed by atoms with E-state index in [1.54, 1.807) is 4.90 Å². The number of nitrogens with two attached hydrogens (primary N) is 1. The highest BCUT2D eigenvalue weighted by Gasteiger charge is 2.36. The topological polar surface area (TPSA) is 55.6 Å². The molecule has 4 nitrogen and oxygen atoms in total. The van der Waals surface area contributed by atoms with Gasteiger partial charge >= 0.3 is 6.09 Å². The van der Waals surface area contributed by atoms with E-state index >= 15 is 0 Å². The van der Waals surface area contributed by atoms with Crippen molar-refractivity contribution < 1.29 is 9.53 Å². The molecular formula is C13H26N2O2. The fraction of sp³-hybridized carbons (Fsp3) is 0.923. The van der Waals surface area contributed by atoms with Crippen LogP contribution in [0.3, 0.4) is 0 Å². The number of rotatable bonds is 4. The van der Waals surface area contributed by atoms with Gasteiger partial charge in [0.05, 0.1) is 0 Å². The first-order valence-electron chi connectivity index (χ1n) is 6.57. The van der Waals surface area contributed by atoms with Crippen molar-refractivity contribution in [1.29, 1.82) is 0 Å². The van der Waals surface area contributed by atoms with Gasteiger partial charge in [0.15, 0.2) is 0 Å². The second kappa shape index (κ2) is 5.71. The zero-order valence-electron chi connectivity index (χ0n) is 11.5. The summed E-state index contributed by atoms with van der Waals surface area (Å²) in [5.74, 6) is 0.453. The maximum Gasteiger partial charge on any atom is 0.410 e. The molecule has 1 unspecified atom stereocenters. The summed E-state index contributed by atoms with van der Waals surface area (Å²) < 4.78 is 5.30. The van der Waals surface area contributed by atoms with Crippen molar-refractivity contribution in [2.24, 2.45) is 11.7 Å². The second-order valence-electron chi connectivity index (χ2n) is 5.95. The molecule has 1 amide bonds. The molecule has 2 N–H and O–H groups in total. The minimum atomic E-state index is -0.410. The number of amides is 1. The lowest BCUT2D eigenvalue weighted by atomic mass is 9.89. The molecule has 0 spiro atoms. The summed E-state index contributed by atoms with van der Waals surface area (Å²) in [4.78, 5) is 13.4. The highest BCUT2D eigenvalue weighted by atomic mass is 16.6. The Kier molecular flexibility index (Phi) is 4.80. The standard InChI is InChI=1S/C13H26N2O2/c1-5-6-7-11(14)10-8-15(9-10)12(16)17-13(2,3)4/h10-11H,5-9,14H2,1-4H3. The van der Waals surface area contributed by atoms with Gasteiger partial charge in [0.2, 0.25) is 0 Å². The summed E-state index contributed by atoms with van der Waals surface area (Å²) in [7, 11) is 0. The lowest BCUT2D eigenvalue weighted by molar-refractivity contribution is -0.00509. The van der Waals surface area contributed by atoms with Gasteiger partial charge in [0.1, 0.15) is 5.60 Å². The third-order valence-corrected chi connectivity index (χ3v) is 3.06. The van der Waals surface area contributed by atoms with Crippen LogP contribution in [0, 0.1) is 5.92 Å². The monoisotopic (exact) mass is 242 g/mol. The van der Waals surface area contributed by atoms with Gasteiger partial charge in [0.25, 0.3) is 0 Å². The number of carbonyl (C=O) groups excluding carboxylic acids is 1. The fourth-order valence-electron chi connectivity index (χ4n) is 1.93. The molecule has 100 valence electrons. The molecule has 0 aromatic carbocycles. The van der Waals surface area contributed by atoms with Crippen molar-refractivity contribution in [2.75, 3.05) is 13.1 Å². The number of carbonyl (C=O) groups is 1. The van der Waals surface area contributed by atoms with Crippen LogP contribution in [0.1, 0.15) is 47.0 Å². The van der Waals surface area contributed by atoms with Crippen LogP contribution in [-0.4, -0.2) is 35.7 Å². The van der Waals surface area contributed by atoms with E-state index in [0.717, 1.165) is 19.5 Å². The van der Waals surface area contributed by atoms with Gasteiger partial charge in [-0.05, 0) is 27.2 Å². The summed E-state index contributed by atoms with van der Waals surface area (Å²) in [5.41, 5.74) is 5.67. The Bertz CT molecular complexity index is 255. The smallest absolute Gasteiger partial charge is 0.410 e. The molecule has 0 saturated carbocycles. The Balaban J connectivity index is 2.24. The van der Waals surface area contributed by atoms with Crippen molar-refractivity contribution in [1.82, 2.24) is 4.90 Å². The zero-order valence-corrected chi connectivity index (χ0v) is 11.5. The minimum absolute atomic E-state index is 0.212. The Morgan fingerprint density at radius 3 is 2.53 bits per heavy atom. The lowest BCUT2D eigenvalue weighted by Gasteiger charge is -2.42. The first-order valence-corrected chi connectivity index (χ1v) is 6.57. The van der Waals surface area contributed by atoms with Crippen LogP contribution in [0.5, 0.6) is 0 Å². The van der Waals surface area contributed by atoms with Gasteiger partial charge in [-0.25, -0.2) is 4.79 Å². The fourth-order valence-corrected chi connectivity index (χ4v) is 1.93. The lowest BCUT2D eigenvalue weighted by Crippen LogP contribution is -2.57. The van der Waals surface area contributed by atoms with Crippen LogP contribution in [0.4, 0.5) is 4.79 Å². The van der Waals surface area contributed by atoms with E-state index in [9.17, 15) is 4.79 Å². The van der Waals surface area contributed by atoms with E-state index < -0.39 is 5.60 Å². The van der Waals surface area contributed by atoms with E-state index in [1.165, 1.54) is 12.8 Å². The summed E-state index contributed by atoms with van der Waals surface area (Å²) in [5, 5.41) is 0. The van der Waals surface area contributed by atoms with Crippen molar-refractivity contribution >= 4 is 6.09 Å². The van der Waals surface area contributed by atoms with E-state index in [0.29, 0.717) is 5.92 Å². The molecule has 1 aliphatic heterocycles. The molecular weight excluding hydrogens is 216 g/mol. The minimum Gasteiger partial charge on any atom is -0.444 e. The van der Waals surface area contributed by atoms with E-state index in [4.69, 9.17) is 10.5 Å². The van der Waals surface area contributed by atoms with E-state index in [1.807, 2.05) is 20.8 Å². The predicted octanol–water partition coefficient (Wildman–Crippen LogP) is 2.37. The highest BCUT2D eigenvalue weighted by Crippen LogP contribution is 2.23. The predicted molar refractivity (Wildman–Crippen MR) is 68.8 cm³/mol. The quantitative estimate of drug-likeness (QED) is 0.823. The maximum atomic E-state index is 11.7. The van der Waals surface area contributed by atoms with E-state index in [-0.39, 0.29) is 12.1 Å². The number of hydrogen-bond donors (Lipinski definition) is 1. The van der Waals surface area contributed by atoms with Crippen molar-refractivity contribution in [2.45, 2.75) is 58.6 Å². The molecule has 1 rings (SSSR count). The molecule has 1 fully saturated rings. The molecule has 0 bridgehead atoms. The molecule has 0 aliphatic carbocycles. The molecule has 4 heteroatoms. The van der Waals surface area contributed by atoms with Crippen LogP contribution in [0.25, 0.3) is 0 Å². The average Bonchev–Trinajstić information content (AvgIpc) is 2.09. The zero-order chi connectivity index (χ0) is 13.1. The Hall–Kier alpha value is -0.770. The Morgan fingerprint density at radius 2 is 2.06 bits per heavy atom. The van der Waals surface area contributed by atoms with Gasteiger partial charge in [-0.1, -0.05) is 19.8 Å². The van der Waals surface area contributed by atoms with Gasteiger partial charge < -0.3 is 15.4 Å². The SMILES string of the molecule is CCCCC(N)C1CN(C(=O)OC(C)(C)C)C1. The molecule has 1 atom stereocenters.